The molecule has 3 heterocycles. The SMILES string of the molecule is CCC1(CC)CN(c2nc(-c3ccncc3)nc3c2CCC3)CCS1=O. The van der Waals surface area contributed by atoms with Gasteiger partial charge in [-0.15, -0.1) is 0 Å². The lowest BCUT2D eigenvalue weighted by molar-refractivity contribution is 0.494. The lowest BCUT2D eigenvalue weighted by atomic mass is 10.0. The third kappa shape index (κ3) is 2.94. The Balaban J connectivity index is 1.76. The largest absolute Gasteiger partial charge is 0.354 e. The summed E-state index contributed by atoms with van der Waals surface area (Å²) in [6.45, 7) is 5.97. The van der Waals surface area contributed by atoms with Gasteiger partial charge in [0.15, 0.2) is 5.82 Å². The highest BCUT2D eigenvalue weighted by molar-refractivity contribution is 7.86. The molecule has 1 unspecified atom stereocenters. The van der Waals surface area contributed by atoms with Gasteiger partial charge < -0.3 is 4.90 Å². The van der Waals surface area contributed by atoms with Crippen LogP contribution in [0.4, 0.5) is 5.82 Å². The second kappa shape index (κ2) is 7.06. The lowest BCUT2D eigenvalue weighted by Crippen LogP contribution is -2.53. The highest BCUT2D eigenvalue weighted by Crippen LogP contribution is 2.36. The summed E-state index contributed by atoms with van der Waals surface area (Å²) in [6, 6.07) is 3.93. The molecular formula is C20H26N4OS. The quantitative estimate of drug-likeness (QED) is 0.827. The van der Waals surface area contributed by atoms with Crippen LogP contribution in [-0.4, -0.2) is 42.8 Å². The van der Waals surface area contributed by atoms with Crippen LogP contribution < -0.4 is 4.90 Å². The third-order valence-electron chi connectivity index (χ3n) is 5.95. The number of hydrogen-bond donors (Lipinski definition) is 0. The minimum atomic E-state index is -0.764. The molecule has 0 spiro atoms. The molecule has 6 heteroatoms. The number of rotatable bonds is 4. The van der Waals surface area contributed by atoms with Gasteiger partial charge in [0.05, 0.1) is 4.75 Å². The minimum absolute atomic E-state index is 0.120. The second-order valence-electron chi connectivity index (χ2n) is 7.25. The highest BCUT2D eigenvalue weighted by atomic mass is 32.2. The Labute approximate surface area is 157 Å². The van der Waals surface area contributed by atoms with Crippen LogP contribution in [0.5, 0.6) is 0 Å². The van der Waals surface area contributed by atoms with Crippen molar-refractivity contribution in [1.29, 1.82) is 0 Å². The van der Waals surface area contributed by atoms with Crippen LogP contribution in [0.25, 0.3) is 11.4 Å². The molecule has 0 amide bonds. The normalized spacial score (nSPS) is 21.6. The standard InChI is InChI=1S/C20H26N4OS/c1-3-20(4-2)14-24(12-13-26(20)25)19-16-6-5-7-17(16)22-18(23-19)15-8-10-21-11-9-15/h8-11H,3-7,12-14H2,1-2H3. The van der Waals surface area contributed by atoms with Gasteiger partial charge in [-0.2, -0.15) is 0 Å². The summed E-state index contributed by atoms with van der Waals surface area (Å²) in [6.07, 6.45) is 8.67. The first-order valence-electron chi connectivity index (χ1n) is 9.60. The summed E-state index contributed by atoms with van der Waals surface area (Å²) in [4.78, 5) is 16.3. The van der Waals surface area contributed by atoms with Gasteiger partial charge in [0.2, 0.25) is 0 Å². The molecule has 0 N–H and O–H groups in total. The van der Waals surface area contributed by atoms with E-state index >= 15 is 0 Å². The van der Waals surface area contributed by atoms with E-state index in [1.165, 1.54) is 11.3 Å². The summed E-state index contributed by atoms with van der Waals surface area (Å²) in [5.41, 5.74) is 3.50. The molecule has 2 aliphatic rings. The summed E-state index contributed by atoms with van der Waals surface area (Å²) in [5.74, 6) is 2.58. The van der Waals surface area contributed by atoms with Crippen molar-refractivity contribution in [1.82, 2.24) is 15.0 Å². The number of fused-ring (bicyclic) bond motifs is 1. The van der Waals surface area contributed by atoms with Crippen LogP contribution in [0.3, 0.4) is 0 Å². The molecule has 1 atom stereocenters. The molecule has 26 heavy (non-hydrogen) atoms. The van der Waals surface area contributed by atoms with E-state index in [9.17, 15) is 4.21 Å². The number of nitrogens with zero attached hydrogens (tertiary/aromatic N) is 4. The maximum atomic E-state index is 12.7. The molecule has 1 fully saturated rings. The van der Waals surface area contributed by atoms with E-state index in [2.05, 4.69) is 23.7 Å². The van der Waals surface area contributed by atoms with Gasteiger partial charge in [-0.3, -0.25) is 9.19 Å². The van der Waals surface area contributed by atoms with E-state index in [1.54, 1.807) is 12.4 Å². The topological polar surface area (TPSA) is 59.0 Å². The van der Waals surface area contributed by atoms with Crippen molar-refractivity contribution in [2.24, 2.45) is 0 Å². The molecule has 4 rings (SSSR count). The van der Waals surface area contributed by atoms with Gasteiger partial charge in [-0.05, 0) is 44.2 Å². The van der Waals surface area contributed by atoms with Gasteiger partial charge in [-0.1, -0.05) is 13.8 Å². The summed E-state index contributed by atoms with van der Waals surface area (Å²) in [7, 11) is -0.764. The summed E-state index contributed by atoms with van der Waals surface area (Å²) in [5, 5.41) is 0. The second-order valence-corrected chi connectivity index (χ2v) is 9.21. The fourth-order valence-corrected chi connectivity index (χ4v) is 5.95. The maximum absolute atomic E-state index is 12.7. The van der Waals surface area contributed by atoms with Gasteiger partial charge in [0.1, 0.15) is 5.82 Å². The molecule has 0 radical (unpaired) electrons. The van der Waals surface area contributed by atoms with Gasteiger partial charge in [0, 0.05) is 58.9 Å². The minimum Gasteiger partial charge on any atom is -0.354 e. The van der Waals surface area contributed by atoms with Crippen LogP contribution in [0.15, 0.2) is 24.5 Å². The fourth-order valence-electron chi connectivity index (χ4n) is 4.19. The number of pyridine rings is 1. The monoisotopic (exact) mass is 370 g/mol. The Bertz CT molecular complexity index is 820. The van der Waals surface area contributed by atoms with Crippen LogP contribution in [-0.2, 0) is 23.6 Å². The highest BCUT2D eigenvalue weighted by Gasteiger charge is 2.40. The van der Waals surface area contributed by atoms with Gasteiger partial charge in [0.25, 0.3) is 0 Å². The van der Waals surface area contributed by atoms with E-state index in [-0.39, 0.29) is 4.75 Å². The van der Waals surface area contributed by atoms with E-state index < -0.39 is 10.8 Å². The van der Waals surface area contributed by atoms with Crippen LogP contribution in [0.1, 0.15) is 44.4 Å². The van der Waals surface area contributed by atoms with Crippen molar-refractivity contribution in [2.45, 2.75) is 50.7 Å². The molecule has 0 bridgehead atoms. The van der Waals surface area contributed by atoms with Crippen LogP contribution in [0, 0.1) is 0 Å². The molecule has 5 nitrogen and oxygen atoms in total. The average Bonchev–Trinajstić information content (AvgIpc) is 3.17. The Morgan fingerprint density at radius 2 is 1.92 bits per heavy atom. The zero-order valence-electron chi connectivity index (χ0n) is 15.6. The first-order chi connectivity index (χ1) is 12.7. The zero-order chi connectivity index (χ0) is 18.1. The van der Waals surface area contributed by atoms with Crippen molar-refractivity contribution in [3.8, 4) is 11.4 Å². The van der Waals surface area contributed by atoms with E-state index in [0.717, 1.165) is 68.2 Å². The van der Waals surface area contributed by atoms with Crippen molar-refractivity contribution < 1.29 is 4.21 Å². The molecule has 0 aromatic carbocycles. The van der Waals surface area contributed by atoms with Gasteiger partial charge >= 0.3 is 0 Å². The predicted octanol–water partition coefficient (Wildman–Crippen LogP) is 3.15. The van der Waals surface area contributed by atoms with E-state index in [1.807, 2.05) is 12.1 Å². The number of hydrogen-bond acceptors (Lipinski definition) is 5. The molecular weight excluding hydrogens is 344 g/mol. The molecule has 1 saturated heterocycles. The van der Waals surface area contributed by atoms with E-state index in [4.69, 9.17) is 9.97 Å². The van der Waals surface area contributed by atoms with E-state index in [0.29, 0.717) is 0 Å². The van der Waals surface area contributed by atoms with Crippen LogP contribution >= 0.6 is 0 Å². The summed E-state index contributed by atoms with van der Waals surface area (Å²) < 4.78 is 12.6. The van der Waals surface area contributed by atoms with Crippen molar-refractivity contribution in [3.05, 3.63) is 35.8 Å². The number of aromatic nitrogens is 3. The zero-order valence-corrected chi connectivity index (χ0v) is 16.4. The average molecular weight is 371 g/mol. The predicted molar refractivity (Wildman–Crippen MR) is 106 cm³/mol. The lowest BCUT2D eigenvalue weighted by Gasteiger charge is -2.42. The molecule has 2 aromatic rings. The Hall–Kier alpha value is -1.82. The Morgan fingerprint density at radius 1 is 1.15 bits per heavy atom. The first kappa shape index (κ1) is 17.6. The Morgan fingerprint density at radius 3 is 2.65 bits per heavy atom. The first-order valence-corrected chi connectivity index (χ1v) is 10.9. The summed E-state index contributed by atoms with van der Waals surface area (Å²) >= 11 is 0. The smallest absolute Gasteiger partial charge is 0.161 e. The molecule has 1 aliphatic heterocycles. The molecule has 1 aliphatic carbocycles. The number of anilines is 1. The third-order valence-corrected chi connectivity index (χ3v) is 8.17. The molecule has 2 aromatic heterocycles. The maximum Gasteiger partial charge on any atom is 0.161 e. The Kier molecular flexibility index (Phi) is 4.78. The van der Waals surface area contributed by atoms with Crippen molar-refractivity contribution in [3.63, 3.8) is 0 Å². The molecule has 0 saturated carbocycles. The van der Waals surface area contributed by atoms with Crippen LogP contribution in [0.2, 0.25) is 0 Å². The molecule has 138 valence electrons. The fraction of sp³-hybridized carbons (Fsp3) is 0.550. The van der Waals surface area contributed by atoms with Crippen molar-refractivity contribution in [2.75, 3.05) is 23.7 Å². The number of aryl methyl sites for hydroxylation is 1. The van der Waals surface area contributed by atoms with Crippen molar-refractivity contribution >= 4 is 16.6 Å². The van der Waals surface area contributed by atoms with Gasteiger partial charge in [-0.25, -0.2) is 9.97 Å².